The molecule has 0 radical (unpaired) electrons. The van der Waals surface area contributed by atoms with Crippen LogP contribution in [0, 0.1) is 0 Å². The SMILES string of the molecule is CNC(=O)C1(COC)CCCN1C(=O)C=C1CCC1. The second-order valence-corrected chi connectivity index (χ2v) is 5.29. The Labute approximate surface area is 114 Å². The van der Waals surface area contributed by atoms with E-state index in [1.165, 1.54) is 5.57 Å². The van der Waals surface area contributed by atoms with Crippen molar-refractivity contribution in [2.75, 3.05) is 27.3 Å². The number of hydrogen-bond acceptors (Lipinski definition) is 3. The predicted octanol–water partition coefficient (Wildman–Crippen LogP) is 0.850. The van der Waals surface area contributed by atoms with Crippen LogP contribution in [0.1, 0.15) is 32.1 Å². The van der Waals surface area contributed by atoms with Crippen molar-refractivity contribution in [2.24, 2.45) is 0 Å². The summed E-state index contributed by atoms with van der Waals surface area (Å²) in [6.07, 6.45) is 6.40. The first-order valence-electron chi connectivity index (χ1n) is 6.86. The van der Waals surface area contributed by atoms with Gasteiger partial charge in [0.05, 0.1) is 6.61 Å². The zero-order chi connectivity index (χ0) is 13.9. The van der Waals surface area contributed by atoms with E-state index in [0.717, 1.165) is 25.7 Å². The van der Waals surface area contributed by atoms with Gasteiger partial charge in [0.25, 0.3) is 0 Å². The molecule has 2 rings (SSSR count). The highest BCUT2D eigenvalue weighted by Crippen LogP contribution is 2.32. The lowest BCUT2D eigenvalue weighted by Crippen LogP contribution is -2.59. The van der Waals surface area contributed by atoms with E-state index in [1.807, 2.05) is 0 Å². The van der Waals surface area contributed by atoms with Gasteiger partial charge in [-0.05, 0) is 32.1 Å². The van der Waals surface area contributed by atoms with Crippen LogP contribution in [0.5, 0.6) is 0 Å². The molecule has 19 heavy (non-hydrogen) atoms. The molecule has 0 bridgehead atoms. The lowest BCUT2D eigenvalue weighted by Gasteiger charge is -2.36. The Morgan fingerprint density at radius 2 is 2.16 bits per heavy atom. The summed E-state index contributed by atoms with van der Waals surface area (Å²) in [5, 5.41) is 2.67. The molecule has 0 spiro atoms. The number of methoxy groups -OCH3 is 1. The van der Waals surface area contributed by atoms with Crippen molar-refractivity contribution in [3.8, 4) is 0 Å². The van der Waals surface area contributed by atoms with Crippen molar-refractivity contribution in [3.05, 3.63) is 11.6 Å². The molecule has 2 aliphatic rings. The smallest absolute Gasteiger partial charge is 0.248 e. The number of hydrogen-bond donors (Lipinski definition) is 1. The number of nitrogens with zero attached hydrogens (tertiary/aromatic N) is 1. The van der Waals surface area contributed by atoms with Gasteiger partial charge < -0.3 is 15.0 Å². The van der Waals surface area contributed by atoms with Gasteiger partial charge in [-0.15, -0.1) is 0 Å². The van der Waals surface area contributed by atoms with E-state index in [4.69, 9.17) is 4.74 Å². The number of allylic oxidation sites excluding steroid dienone is 1. The fourth-order valence-corrected chi connectivity index (χ4v) is 2.90. The first-order chi connectivity index (χ1) is 9.14. The molecule has 1 aliphatic carbocycles. The number of amides is 2. The molecule has 106 valence electrons. The Kier molecular flexibility index (Phi) is 4.24. The molecule has 5 heteroatoms. The standard InChI is InChI=1S/C14H22N2O3/c1-15-13(18)14(10-19-2)7-4-8-16(14)12(17)9-11-5-3-6-11/h9H,3-8,10H2,1-2H3,(H,15,18). The number of carbonyl (C=O) groups excluding carboxylic acids is 2. The lowest BCUT2D eigenvalue weighted by molar-refractivity contribution is -0.145. The molecular weight excluding hydrogens is 244 g/mol. The molecule has 1 saturated carbocycles. The van der Waals surface area contributed by atoms with Crippen molar-refractivity contribution < 1.29 is 14.3 Å². The normalized spacial score (nSPS) is 26.0. The summed E-state index contributed by atoms with van der Waals surface area (Å²) in [7, 11) is 3.17. The molecular formula is C14H22N2O3. The lowest BCUT2D eigenvalue weighted by atomic mass is 9.91. The van der Waals surface area contributed by atoms with Gasteiger partial charge in [-0.2, -0.15) is 0 Å². The molecule has 5 nitrogen and oxygen atoms in total. The van der Waals surface area contributed by atoms with Crippen LogP contribution in [0.15, 0.2) is 11.6 Å². The van der Waals surface area contributed by atoms with Crippen LogP contribution in [0.3, 0.4) is 0 Å². The number of likely N-dealkylation sites (tertiary alicyclic amines) is 1. The molecule has 2 amide bonds. The summed E-state index contributed by atoms with van der Waals surface area (Å²) in [5.74, 6) is -0.181. The zero-order valence-corrected chi connectivity index (χ0v) is 11.7. The minimum atomic E-state index is -0.832. The second kappa shape index (κ2) is 5.74. The quantitative estimate of drug-likeness (QED) is 0.767. The van der Waals surface area contributed by atoms with Crippen LogP contribution in [-0.2, 0) is 14.3 Å². The molecule has 1 aliphatic heterocycles. The molecule has 2 fully saturated rings. The fourth-order valence-electron chi connectivity index (χ4n) is 2.90. The van der Waals surface area contributed by atoms with E-state index >= 15 is 0 Å². The number of likely N-dealkylation sites (N-methyl/N-ethyl adjacent to an activating group) is 1. The van der Waals surface area contributed by atoms with E-state index in [9.17, 15) is 9.59 Å². The third-order valence-electron chi connectivity index (χ3n) is 4.11. The van der Waals surface area contributed by atoms with Crippen molar-refractivity contribution in [1.82, 2.24) is 10.2 Å². The van der Waals surface area contributed by atoms with Crippen LogP contribution in [0.4, 0.5) is 0 Å². The molecule has 0 aromatic heterocycles. The van der Waals surface area contributed by atoms with Gasteiger partial charge in [0.15, 0.2) is 0 Å². The van der Waals surface area contributed by atoms with Gasteiger partial charge in [-0.1, -0.05) is 5.57 Å². The molecule has 1 unspecified atom stereocenters. The molecule has 1 heterocycles. The Hall–Kier alpha value is -1.36. The number of carbonyl (C=O) groups is 2. The molecule has 1 N–H and O–H groups in total. The Bertz CT molecular complexity index is 399. The monoisotopic (exact) mass is 266 g/mol. The summed E-state index contributed by atoms with van der Waals surface area (Å²) in [6.45, 7) is 0.876. The van der Waals surface area contributed by atoms with Gasteiger partial charge >= 0.3 is 0 Å². The third kappa shape index (κ3) is 2.52. The van der Waals surface area contributed by atoms with Gasteiger partial charge in [0.2, 0.25) is 11.8 Å². The van der Waals surface area contributed by atoms with Crippen molar-refractivity contribution >= 4 is 11.8 Å². The van der Waals surface area contributed by atoms with Crippen LogP contribution in [-0.4, -0.2) is 49.6 Å². The molecule has 0 aromatic rings. The summed E-state index contributed by atoms with van der Waals surface area (Å²) < 4.78 is 5.20. The maximum atomic E-state index is 12.4. The van der Waals surface area contributed by atoms with Gasteiger partial charge in [0, 0.05) is 26.8 Å². The minimum Gasteiger partial charge on any atom is -0.382 e. The molecule has 0 aromatic carbocycles. The highest BCUT2D eigenvalue weighted by atomic mass is 16.5. The van der Waals surface area contributed by atoms with Crippen LogP contribution in [0.25, 0.3) is 0 Å². The maximum absolute atomic E-state index is 12.4. The summed E-state index contributed by atoms with van der Waals surface area (Å²) in [4.78, 5) is 26.3. The maximum Gasteiger partial charge on any atom is 0.248 e. The topological polar surface area (TPSA) is 58.6 Å². The highest BCUT2D eigenvalue weighted by molar-refractivity contribution is 5.96. The van der Waals surface area contributed by atoms with E-state index < -0.39 is 5.54 Å². The van der Waals surface area contributed by atoms with Crippen LogP contribution in [0.2, 0.25) is 0 Å². The van der Waals surface area contributed by atoms with Gasteiger partial charge in [-0.25, -0.2) is 0 Å². The van der Waals surface area contributed by atoms with Crippen molar-refractivity contribution in [2.45, 2.75) is 37.6 Å². The number of ether oxygens (including phenoxy) is 1. The average molecular weight is 266 g/mol. The van der Waals surface area contributed by atoms with Crippen LogP contribution >= 0.6 is 0 Å². The Morgan fingerprint density at radius 1 is 1.42 bits per heavy atom. The second-order valence-electron chi connectivity index (χ2n) is 5.29. The molecule has 1 saturated heterocycles. The van der Waals surface area contributed by atoms with Crippen molar-refractivity contribution in [3.63, 3.8) is 0 Å². The van der Waals surface area contributed by atoms with Crippen LogP contribution < -0.4 is 5.32 Å². The Morgan fingerprint density at radius 3 is 2.68 bits per heavy atom. The first-order valence-corrected chi connectivity index (χ1v) is 6.86. The summed E-state index contributed by atoms with van der Waals surface area (Å²) >= 11 is 0. The minimum absolute atomic E-state index is 0.0483. The number of rotatable bonds is 4. The van der Waals surface area contributed by atoms with E-state index in [2.05, 4.69) is 5.32 Å². The zero-order valence-electron chi connectivity index (χ0n) is 11.7. The third-order valence-corrected chi connectivity index (χ3v) is 4.11. The highest BCUT2D eigenvalue weighted by Gasteiger charge is 2.49. The van der Waals surface area contributed by atoms with Gasteiger partial charge in [-0.3, -0.25) is 9.59 Å². The fraction of sp³-hybridized carbons (Fsp3) is 0.714. The van der Waals surface area contributed by atoms with E-state index in [-0.39, 0.29) is 18.4 Å². The average Bonchev–Trinajstić information content (AvgIpc) is 2.78. The van der Waals surface area contributed by atoms with E-state index in [1.54, 1.807) is 25.1 Å². The molecule has 1 atom stereocenters. The van der Waals surface area contributed by atoms with E-state index in [0.29, 0.717) is 13.0 Å². The number of nitrogens with one attached hydrogen (secondary N) is 1. The Balaban J connectivity index is 2.20. The summed E-state index contributed by atoms with van der Waals surface area (Å²) in [5.41, 5.74) is 0.363. The van der Waals surface area contributed by atoms with Gasteiger partial charge in [0.1, 0.15) is 5.54 Å². The first kappa shape index (κ1) is 14.1. The summed E-state index contributed by atoms with van der Waals surface area (Å²) in [6, 6.07) is 0. The largest absolute Gasteiger partial charge is 0.382 e. The van der Waals surface area contributed by atoms with Crippen molar-refractivity contribution in [1.29, 1.82) is 0 Å². The predicted molar refractivity (Wildman–Crippen MR) is 71.6 cm³/mol.